The lowest BCUT2D eigenvalue weighted by atomic mass is 9.92. The Hall–Kier alpha value is -4.33. The van der Waals surface area contributed by atoms with Gasteiger partial charge in [-0.25, -0.2) is 0 Å². The first kappa shape index (κ1) is 23.8. The second-order valence-electron chi connectivity index (χ2n) is 8.01. The first-order chi connectivity index (χ1) is 17.0. The first-order valence-electron chi connectivity index (χ1n) is 11.2. The summed E-state index contributed by atoms with van der Waals surface area (Å²) in [6, 6.07) is 19.0. The number of nitro groups is 1. The highest BCUT2D eigenvalue weighted by Gasteiger charge is 2.32. The van der Waals surface area contributed by atoms with Gasteiger partial charge in [0.05, 0.1) is 25.2 Å². The fourth-order valence-electron chi connectivity index (χ4n) is 4.14. The van der Waals surface area contributed by atoms with E-state index in [1.807, 2.05) is 42.5 Å². The molecule has 0 aromatic heterocycles. The van der Waals surface area contributed by atoms with E-state index in [9.17, 15) is 14.9 Å². The Balaban J connectivity index is 1.63. The molecule has 8 heteroatoms. The molecule has 1 aliphatic heterocycles. The van der Waals surface area contributed by atoms with Crippen molar-refractivity contribution in [2.75, 3.05) is 27.4 Å². The van der Waals surface area contributed by atoms with E-state index in [0.717, 1.165) is 16.7 Å². The molecule has 1 aliphatic rings. The number of carbonyl (C=O) groups excluding carboxylic acids is 1. The van der Waals surface area contributed by atoms with Crippen LogP contribution in [0.3, 0.4) is 0 Å². The number of carbonyl (C=O) groups is 1. The highest BCUT2D eigenvalue weighted by atomic mass is 16.6. The maximum atomic E-state index is 13.3. The molecule has 0 saturated heterocycles. The van der Waals surface area contributed by atoms with Crippen molar-refractivity contribution in [3.63, 3.8) is 0 Å². The summed E-state index contributed by atoms with van der Waals surface area (Å²) in [5.41, 5.74) is 2.89. The Morgan fingerprint density at radius 2 is 1.74 bits per heavy atom. The zero-order valence-electron chi connectivity index (χ0n) is 19.5. The molecule has 35 heavy (non-hydrogen) atoms. The number of hydrogen-bond acceptors (Lipinski definition) is 6. The van der Waals surface area contributed by atoms with Crippen LogP contribution in [-0.4, -0.2) is 43.1 Å². The number of benzene rings is 3. The average Bonchev–Trinajstić information content (AvgIpc) is 2.90. The van der Waals surface area contributed by atoms with Crippen LogP contribution in [0.5, 0.6) is 17.2 Å². The van der Waals surface area contributed by atoms with Crippen molar-refractivity contribution in [3.05, 3.63) is 99.6 Å². The maximum Gasteiger partial charge on any atom is 0.269 e. The van der Waals surface area contributed by atoms with E-state index in [1.54, 1.807) is 43.4 Å². The number of fused-ring (bicyclic) bond motifs is 1. The summed E-state index contributed by atoms with van der Waals surface area (Å²) in [6.45, 7) is 0.681. The van der Waals surface area contributed by atoms with Crippen LogP contribution in [0.2, 0.25) is 0 Å². The van der Waals surface area contributed by atoms with Gasteiger partial charge in [-0.15, -0.1) is 0 Å². The number of ether oxygens (including phenoxy) is 3. The quantitative estimate of drug-likeness (QED) is 0.264. The van der Waals surface area contributed by atoms with Gasteiger partial charge in [0.15, 0.2) is 11.5 Å². The predicted molar refractivity (Wildman–Crippen MR) is 132 cm³/mol. The van der Waals surface area contributed by atoms with Gasteiger partial charge in [-0.05, 0) is 53.5 Å². The highest BCUT2D eigenvalue weighted by molar-refractivity contribution is 5.92. The monoisotopic (exact) mass is 474 g/mol. The SMILES string of the molecule is COc1cc2c(cc1OC)[C@@H](COc1ccc([N+](=O)[O-])cc1)N(C(=O)/C=C/c1ccccc1)CC2. The molecule has 8 nitrogen and oxygen atoms in total. The Morgan fingerprint density at radius 1 is 1.06 bits per heavy atom. The third-order valence-corrected chi connectivity index (χ3v) is 5.96. The van der Waals surface area contributed by atoms with E-state index in [4.69, 9.17) is 14.2 Å². The predicted octanol–water partition coefficient (Wildman–Crippen LogP) is 4.83. The molecule has 3 aromatic carbocycles. The Morgan fingerprint density at radius 3 is 2.40 bits per heavy atom. The zero-order valence-corrected chi connectivity index (χ0v) is 19.5. The number of nitro benzene ring substituents is 1. The van der Waals surface area contributed by atoms with E-state index in [2.05, 4.69) is 0 Å². The van der Waals surface area contributed by atoms with Crippen molar-refractivity contribution in [1.29, 1.82) is 0 Å². The zero-order chi connectivity index (χ0) is 24.8. The standard InChI is InChI=1S/C27H26N2O6/c1-33-25-16-20-14-15-28(27(30)13-8-19-6-4-3-5-7-19)24(23(20)17-26(25)34-2)18-35-22-11-9-21(10-12-22)29(31)32/h3-13,16-17,24H,14-15,18H2,1-2H3/b13-8+/t24-/m1/s1. The molecule has 1 amide bonds. The van der Waals surface area contributed by atoms with Gasteiger partial charge in [0, 0.05) is 24.8 Å². The van der Waals surface area contributed by atoms with Crippen LogP contribution in [0, 0.1) is 10.1 Å². The smallest absolute Gasteiger partial charge is 0.269 e. The fourth-order valence-corrected chi connectivity index (χ4v) is 4.14. The Bertz CT molecular complexity index is 1220. The van der Waals surface area contributed by atoms with E-state index in [1.165, 1.54) is 12.1 Å². The third-order valence-electron chi connectivity index (χ3n) is 5.96. The van der Waals surface area contributed by atoms with Crippen molar-refractivity contribution in [2.45, 2.75) is 12.5 Å². The van der Waals surface area contributed by atoms with Gasteiger partial charge < -0.3 is 19.1 Å². The van der Waals surface area contributed by atoms with Crippen molar-refractivity contribution < 1.29 is 23.9 Å². The van der Waals surface area contributed by atoms with Gasteiger partial charge >= 0.3 is 0 Å². The molecule has 0 spiro atoms. The van der Waals surface area contributed by atoms with Crippen LogP contribution in [0.25, 0.3) is 6.08 Å². The molecule has 0 aliphatic carbocycles. The number of hydrogen-bond donors (Lipinski definition) is 0. The van der Waals surface area contributed by atoms with Crippen molar-refractivity contribution in [1.82, 2.24) is 4.90 Å². The minimum absolute atomic E-state index is 0.0138. The van der Waals surface area contributed by atoms with E-state index in [0.29, 0.717) is 30.2 Å². The van der Waals surface area contributed by atoms with Crippen LogP contribution in [-0.2, 0) is 11.2 Å². The summed E-state index contributed by atoms with van der Waals surface area (Å²) in [6.07, 6.45) is 4.02. The van der Waals surface area contributed by atoms with Crippen molar-refractivity contribution in [3.8, 4) is 17.2 Å². The van der Waals surface area contributed by atoms with Crippen LogP contribution < -0.4 is 14.2 Å². The summed E-state index contributed by atoms with van der Waals surface area (Å²) >= 11 is 0. The molecule has 1 heterocycles. The van der Waals surface area contributed by atoms with Gasteiger partial charge in [0.2, 0.25) is 5.91 Å². The van der Waals surface area contributed by atoms with Crippen molar-refractivity contribution >= 4 is 17.7 Å². The molecule has 1 atom stereocenters. The second kappa shape index (κ2) is 10.7. The lowest BCUT2D eigenvalue weighted by Gasteiger charge is -2.37. The number of amides is 1. The van der Waals surface area contributed by atoms with Gasteiger partial charge in [-0.1, -0.05) is 30.3 Å². The van der Waals surface area contributed by atoms with E-state index < -0.39 is 4.92 Å². The van der Waals surface area contributed by atoms with Crippen LogP contribution in [0.4, 0.5) is 5.69 Å². The van der Waals surface area contributed by atoms with Gasteiger partial charge in [-0.3, -0.25) is 14.9 Å². The Labute approximate surface area is 203 Å². The number of rotatable bonds is 8. The lowest BCUT2D eigenvalue weighted by molar-refractivity contribution is -0.384. The molecule has 0 radical (unpaired) electrons. The van der Waals surface area contributed by atoms with E-state index in [-0.39, 0.29) is 24.2 Å². The molecule has 0 N–H and O–H groups in total. The summed E-state index contributed by atoms with van der Waals surface area (Å²) in [4.78, 5) is 25.5. The lowest BCUT2D eigenvalue weighted by Crippen LogP contribution is -2.41. The van der Waals surface area contributed by atoms with Crippen molar-refractivity contribution in [2.24, 2.45) is 0 Å². The molecular formula is C27H26N2O6. The normalized spacial score (nSPS) is 14.9. The highest BCUT2D eigenvalue weighted by Crippen LogP contribution is 2.38. The number of non-ortho nitro benzene ring substituents is 1. The molecule has 0 bridgehead atoms. The third kappa shape index (κ3) is 5.43. The second-order valence-corrected chi connectivity index (χ2v) is 8.01. The molecular weight excluding hydrogens is 448 g/mol. The fraction of sp³-hybridized carbons (Fsp3) is 0.222. The van der Waals surface area contributed by atoms with Gasteiger partial charge in [0.25, 0.3) is 5.69 Å². The van der Waals surface area contributed by atoms with Gasteiger partial charge in [0.1, 0.15) is 12.4 Å². The molecule has 4 rings (SSSR count). The average molecular weight is 475 g/mol. The van der Waals surface area contributed by atoms with Crippen LogP contribution >= 0.6 is 0 Å². The summed E-state index contributed by atoms with van der Waals surface area (Å²) in [5.74, 6) is 1.55. The maximum absolute atomic E-state index is 13.3. The van der Waals surface area contributed by atoms with Gasteiger partial charge in [-0.2, -0.15) is 0 Å². The molecule has 0 saturated carbocycles. The summed E-state index contributed by atoms with van der Waals surface area (Å²) in [7, 11) is 3.16. The summed E-state index contributed by atoms with van der Waals surface area (Å²) < 4.78 is 17.0. The minimum Gasteiger partial charge on any atom is -0.493 e. The largest absolute Gasteiger partial charge is 0.493 e. The molecule has 0 unspecified atom stereocenters. The molecule has 3 aromatic rings. The number of nitrogens with zero attached hydrogens (tertiary/aromatic N) is 2. The van der Waals surface area contributed by atoms with Crippen LogP contribution in [0.1, 0.15) is 22.7 Å². The molecule has 180 valence electrons. The Kier molecular flexibility index (Phi) is 7.30. The first-order valence-corrected chi connectivity index (χ1v) is 11.2. The topological polar surface area (TPSA) is 91.1 Å². The molecule has 0 fully saturated rings. The summed E-state index contributed by atoms with van der Waals surface area (Å²) in [5, 5.41) is 10.9. The number of methoxy groups -OCH3 is 2. The van der Waals surface area contributed by atoms with Crippen LogP contribution in [0.15, 0.2) is 72.8 Å². The minimum atomic E-state index is -0.458. The van der Waals surface area contributed by atoms with E-state index >= 15 is 0 Å².